The van der Waals surface area contributed by atoms with Crippen LogP contribution in [0.15, 0.2) is 42.5 Å². The van der Waals surface area contributed by atoms with Gasteiger partial charge in [-0.05, 0) is 49.1 Å². The molecule has 0 aliphatic carbocycles. The van der Waals surface area contributed by atoms with Crippen molar-refractivity contribution in [1.82, 2.24) is 14.9 Å². The second kappa shape index (κ2) is 15.0. The fourth-order valence-corrected chi connectivity index (χ4v) is 5.69. The summed E-state index contributed by atoms with van der Waals surface area (Å²) in [4.78, 5) is 12.3. The van der Waals surface area contributed by atoms with Gasteiger partial charge in [0.1, 0.15) is 5.75 Å². The van der Waals surface area contributed by atoms with E-state index >= 15 is 0 Å². The minimum atomic E-state index is -3.45. The first-order chi connectivity index (χ1) is 18.7. The first kappa shape index (κ1) is 30.6. The molecule has 1 saturated heterocycles. The summed E-state index contributed by atoms with van der Waals surface area (Å²) < 4.78 is 43.9. The number of aryl methyl sites for hydroxylation is 1. The molecule has 3 N–H and O–H groups in total. The smallest absolute Gasteiger partial charge is 0.226 e. The maximum Gasteiger partial charge on any atom is 0.226 e. The normalized spacial score (nSPS) is 14.3. The van der Waals surface area contributed by atoms with E-state index in [-0.39, 0.29) is 30.1 Å². The fraction of sp³-hybridized carbons (Fsp3) is 0.500. The minimum absolute atomic E-state index is 0.0111. The lowest BCUT2D eigenvalue weighted by Gasteiger charge is -2.26. The Morgan fingerprint density at radius 2 is 1.87 bits per heavy atom. The van der Waals surface area contributed by atoms with E-state index < -0.39 is 10.0 Å². The number of nitrogens with zero attached hydrogens (tertiary/aromatic N) is 1. The molecule has 0 spiro atoms. The third kappa shape index (κ3) is 9.92. The molecule has 0 radical (unpaired) electrons. The second-order valence-electron chi connectivity index (χ2n) is 9.72. The number of guanidine groups is 1. The van der Waals surface area contributed by atoms with Crippen LogP contribution in [-0.4, -0.2) is 77.3 Å². The molecule has 3 rings (SSSR count). The number of hydrogen-bond acceptors (Lipinski definition) is 7. The first-order valence-corrected chi connectivity index (χ1v) is 14.8. The summed E-state index contributed by atoms with van der Waals surface area (Å²) in [6.07, 6.45) is 1.41. The van der Waals surface area contributed by atoms with Crippen molar-refractivity contribution >= 4 is 21.9 Å². The van der Waals surface area contributed by atoms with Crippen LogP contribution in [0.2, 0.25) is 0 Å². The van der Waals surface area contributed by atoms with Crippen LogP contribution in [0.3, 0.4) is 0 Å². The van der Waals surface area contributed by atoms with E-state index in [1.807, 2.05) is 56.3 Å². The van der Waals surface area contributed by atoms with E-state index in [1.54, 1.807) is 7.11 Å². The fourth-order valence-electron chi connectivity index (χ4n) is 4.21. The van der Waals surface area contributed by atoms with Crippen molar-refractivity contribution in [2.24, 2.45) is 0 Å². The van der Waals surface area contributed by atoms with Crippen LogP contribution in [0, 0.1) is 5.41 Å². The molecule has 1 amide bonds. The van der Waals surface area contributed by atoms with E-state index in [4.69, 9.17) is 19.6 Å². The highest BCUT2D eigenvalue weighted by atomic mass is 32.2. The Morgan fingerprint density at radius 3 is 2.59 bits per heavy atom. The molecule has 1 fully saturated rings. The maximum absolute atomic E-state index is 12.9. The van der Waals surface area contributed by atoms with Crippen molar-refractivity contribution in [2.75, 3.05) is 46.6 Å². The predicted molar refractivity (Wildman–Crippen MR) is 151 cm³/mol. The molecule has 10 nitrogen and oxygen atoms in total. The summed E-state index contributed by atoms with van der Waals surface area (Å²) in [6.45, 7) is 6.38. The van der Waals surface area contributed by atoms with Crippen LogP contribution in [0.4, 0.5) is 0 Å². The Morgan fingerprint density at radius 1 is 1.10 bits per heavy atom. The number of nitrogens with one attached hydrogen (secondary N) is 3. The number of carbonyl (C=O) groups is 1. The quantitative estimate of drug-likeness (QED) is 0.195. The average molecular weight is 561 g/mol. The van der Waals surface area contributed by atoms with Gasteiger partial charge in [0.25, 0.3) is 0 Å². The lowest BCUT2D eigenvalue weighted by atomic mass is 9.99. The number of amides is 1. The van der Waals surface area contributed by atoms with Gasteiger partial charge in [-0.1, -0.05) is 30.3 Å². The molecule has 0 bridgehead atoms. The van der Waals surface area contributed by atoms with Gasteiger partial charge in [0.2, 0.25) is 15.9 Å². The maximum atomic E-state index is 12.9. The monoisotopic (exact) mass is 560 g/mol. The van der Waals surface area contributed by atoms with Gasteiger partial charge in [-0.3, -0.25) is 15.5 Å². The van der Waals surface area contributed by atoms with Crippen molar-refractivity contribution in [3.05, 3.63) is 53.6 Å². The highest BCUT2D eigenvalue weighted by molar-refractivity contribution is 7.88. The molecule has 2 aromatic rings. The van der Waals surface area contributed by atoms with Crippen molar-refractivity contribution < 1.29 is 27.4 Å². The molecule has 2 aromatic carbocycles. The summed E-state index contributed by atoms with van der Waals surface area (Å²) in [7, 11) is -1.81. The first-order valence-electron chi connectivity index (χ1n) is 13.2. The highest BCUT2D eigenvalue weighted by Gasteiger charge is 2.24. The summed E-state index contributed by atoms with van der Waals surface area (Å²) >= 11 is 0. The molecular weight excluding hydrogens is 520 g/mol. The van der Waals surface area contributed by atoms with Crippen molar-refractivity contribution in [3.63, 3.8) is 0 Å². The van der Waals surface area contributed by atoms with Gasteiger partial charge >= 0.3 is 0 Å². The third-order valence-electron chi connectivity index (χ3n) is 6.09. The van der Waals surface area contributed by atoms with Gasteiger partial charge in [0.05, 0.1) is 25.6 Å². The zero-order valence-corrected chi connectivity index (χ0v) is 23.8. The molecule has 1 aliphatic heterocycles. The zero-order chi connectivity index (χ0) is 28.3. The molecule has 0 saturated carbocycles. The van der Waals surface area contributed by atoms with E-state index in [0.29, 0.717) is 63.7 Å². The second-order valence-corrected chi connectivity index (χ2v) is 11.7. The number of benzene rings is 2. The lowest BCUT2D eigenvalue weighted by molar-refractivity contribution is -0.119. The summed E-state index contributed by atoms with van der Waals surface area (Å²) in [5, 5.41) is 13.2. The van der Waals surface area contributed by atoms with Gasteiger partial charge in [0, 0.05) is 51.3 Å². The number of carbonyl (C=O) groups excluding carboxylic acids is 1. The molecule has 0 aromatic heterocycles. The Bertz CT molecular complexity index is 1210. The molecule has 39 heavy (non-hydrogen) atoms. The molecule has 0 atom stereocenters. The topological polar surface area (TPSA) is 130 Å². The largest absolute Gasteiger partial charge is 0.493 e. The molecular formula is C28H40N4O6S. The number of methoxy groups -OCH3 is 1. The van der Waals surface area contributed by atoms with Gasteiger partial charge in [0.15, 0.2) is 5.96 Å². The highest BCUT2D eigenvalue weighted by Crippen LogP contribution is 2.32. The Balaban J connectivity index is 1.76. The van der Waals surface area contributed by atoms with E-state index in [2.05, 4.69) is 10.6 Å². The van der Waals surface area contributed by atoms with Gasteiger partial charge < -0.3 is 19.5 Å². The van der Waals surface area contributed by atoms with Crippen LogP contribution in [-0.2, 0) is 36.5 Å². The zero-order valence-electron chi connectivity index (χ0n) is 23.0. The van der Waals surface area contributed by atoms with Crippen LogP contribution in [0.1, 0.15) is 37.8 Å². The molecule has 1 aliphatic rings. The van der Waals surface area contributed by atoms with Gasteiger partial charge in [-0.25, -0.2) is 8.42 Å². The number of sulfonamides is 1. The average Bonchev–Trinajstić information content (AvgIpc) is 2.90. The lowest BCUT2D eigenvalue weighted by Crippen LogP contribution is -2.43. The Labute approximate surface area is 231 Å². The van der Waals surface area contributed by atoms with Crippen molar-refractivity contribution in [2.45, 2.75) is 44.9 Å². The SMILES string of the molecule is COCCCOc1cc(CCC(=O)NC(=N)NC(C)C)ccc1-c1cccc(CS(=O)(=O)N2CCOCC2)c1. The van der Waals surface area contributed by atoms with Crippen LogP contribution in [0.5, 0.6) is 5.75 Å². The molecule has 214 valence electrons. The number of hydrogen-bond donors (Lipinski definition) is 3. The minimum Gasteiger partial charge on any atom is -0.493 e. The summed E-state index contributed by atoms with van der Waals surface area (Å²) in [5.74, 6) is 0.321. The summed E-state index contributed by atoms with van der Waals surface area (Å²) in [6, 6.07) is 13.4. The molecule has 11 heteroatoms. The standard InChI is InChI=1S/C28H40N4O6S/c1-21(2)30-28(29)31-27(33)11-9-22-8-10-25(26(19-22)38-15-5-14-36-3)24-7-4-6-23(18-24)20-39(34,35)32-12-16-37-17-13-32/h4,6-8,10,18-19,21H,5,9,11-17,20H2,1-3H3,(H3,29,30,31,33). The predicted octanol–water partition coefficient (Wildman–Crippen LogP) is 2.91. The van der Waals surface area contributed by atoms with Crippen LogP contribution < -0.4 is 15.4 Å². The van der Waals surface area contributed by atoms with Gasteiger partial charge in [-0.2, -0.15) is 4.31 Å². The van der Waals surface area contributed by atoms with E-state index in [1.165, 1.54) is 4.31 Å². The van der Waals surface area contributed by atoms with Crippen LogP contribution >= 0.6 is 0 Å². The Hall–Kier alpha value is -2.99. The molecule has 0 unspecified atom stereocenters. The van der Waals surface area contributed by atoms with Crippen LogP contribution in [0.25, 0.3) is 11.1 Å². The summed E-state index contributed by atoms with van der Waals surface area (Å²) in [5.41, 5.74) is 3.31. The number of rotatable bonds is 13. The van der Waals surface area contributed by atoms with E-state index in [9.17, 15) is 13.2 Å². The van der Waals surface area contributed by atoms with Gasteiger partial charge in [-0.15, -0.1) is 0 Å². The third-order valence-corrected chi connectivity index (χ3v) is 7.94. The number of ether oxygens (including phenoxy) is 3. The molecule has 1 heterocycles. The Kier molecular flexibility index (Phi) is 11.7. The number of morpholine rings is 1. The van der Waals surface area contributed by atoms with Crippen molar-refractivity contribution in [1.29, 1.82) is 5.41 Å². The van der Waals surface area contributed by atoms with Crippen molar-refractivity contribution in [3.8, 4) is 16.9 Å². The van der Waals surface area contributed by atoms with E-state index in [0.717, 1.165) is 16.7 Å².